The third-order valence-electron chi connectivity index (χ3n) is 3.72. The van der Waals surface area contributed by atoms with Crippen LogP contribution in [-0.4, -0.2) is 19.1 Å². The van der Waals surface area contributed by atoms with Gasteiger partial charge in [-0.05, 0) is 29.3 Å². The van der Waals surface area contributed by atoms with Crippen molar-refractivity contribution in [2.75, 3.05) is 19.0 Å². The Morgan fingerprint density at radius 2 is 1.70 bits per heavy atom. The molecule has 0 aliphatic rings. The first kappa shape index (κ1) is 12.8. The number of nitrogens with two attached hydrogens (primary N) is 1. The molecule has 0 bridgehead atoms. The minimum absolute atomic E-state index is 0.109. The number of aromatic nitrogens is 1. The average Bonchev–Trinajstić information content (AvgIpc) is 2.90. The Balaban J connectivity index is 1.97. The Kier molecular flexibility index (Phi) is 3.20. The Morgan fingerprint density at radius 1 is 1.00 bits per heavy atom. The van der Waals surface area contributed by atoms with Gasteiger partial charge in [-0.25, -0.2) is 0 Å². The third kappa shape index (κ3) is 2.17. The standard InChI is InChI=1S/C17H19N3/c1-20(2)13-9-7-12(8-10-13)17(18)15-11-19-16-6-4-3-5-14(15)16/h3-11,17,19H,18H2,1-2H3. The Morgan fingerprint density at radius 3 is 2.40 bits per heavy atom. The first-order valence-corrected chi connectivity index (χ1v) is 6.75. The number of nitrogens with one attached hydrogen (secondary N) is 1. The van der Waals surface area contributed by atoms with E-state index < -0.39 is 0 Å². The van der Waals surface area contributed by atoms with Crippen LogP contribution in [0.15, 0.2) is 54.7 Å². The van der Waals surface area contributed by atoms with Crippen LogP contribution in [0.3, 0.4) is 0 Å². The molecule has 1 atom stereocenters. The van der Waals surface area contributed by atoms with Crippen molar-refractivity contribution in [3.05, 3.63) is 65.9 Å². The number of anilines is 1. The lowest BCUT2D eigenvalue weighted by Gasteiger charge is -2.15. The van der Waals surface area contributed by atoms with E-state index in [2.05, 4.69) is 46.3 Å². The van der Waals surface area contributed by atoms with Crippen molar-refractivity contribution < 1.29 is 0 Å². The van der Waals surface area contributed by atoms with Crippen LogP contribution < -0.4 is 10.6 Å². The second-order valence-corrected chi connectivity index (χ2v) is 5.25. The molecule has 1 aromatic heterocycles. The molecular formula is C17H19N3. The summed E-state index contributed by atoms with van der Waals surface area (Å²) in [7, 11) is 4.07. The molecule has 0 aliphatic carbocycles. The molecule has 3 N–H and O–H groups in total. The molecule has 1 heterocycles. The van der Waals surface area contributed by atoms with E-state index in [-0.39, 0.29) is 6.04 Å². The zero-order valence-electron chi connectivity index (χ0n) is 11.8. The van der Waals surface area contributed by atoms with E-state index in [0.29, 0.717) is 0 Å². The highest BCUT2D eigenvalue weighted by Gasteiger charge is 2.13. The minimum atomic E-state index is -0.109. The summed E-state index contributed by atoms with van der Waals surface area (Å²) in [5.41, 5.74) is 11.0. The van der Waals surface area contributed by atoms with Gasteiger partial charge in [0.2, 0.25) is 0 Å². The number of hydrogen-bond donors (Lipinski definition) is 2. The van der Waals surface area contributed by atoms with Crippen LogP contribution in [0.25, 0.3) is 10.9 Å². The van der Waals surface area contributed by atoms with Crippen molar-refractivity contribution in [3.8, 4) is 0 Å². The summed E-state index contributed by atoms with van der Waals surface area (Å²) in [6, 6.07) is 16.5. The molecule has 0 amide bonds. The molecule has 3 aromatic rings. The molecule has 102 valence electrons. The van der Waals surface area contributed by atoms with Gasteiger partial charge in [-0.2, -0.15) is 0 Å². The Bertz CT molecular complexity index is 710. The molecule has 0 saturated heterocycles. The van der Waals surface area contributed by atoms with Crippen molar-refractivity contribution in [3.63, 3.8) is 0 Å². The fourth-order valence-corrected chi connectivity index (χ4v) is 2.51. The normalized spacial score (nSPS) is 12.6. The molecule has 2 aromatic carbocycles. The van der Waals surface area contributed by atoms with Crippen LogP contribution in [0, 0.1) is 0 Å². The summed E-state index contributed by atoms with van der Waals surface area (Å²) in [5, 5.41) is 1.19. The number of fused-ring (bicyclic) bond motifs is 1. The Labute approximate surface area is 119 Å². The predicted octanol–water partition coefficient (Wildman–Crippen LogP) is 3.28. The molecule has 0 aliphatic heterocycles. The van der Waals surface area contributed by atoms with E-state index in [0.717, 1.165) is 16.6 Å². The molecule has 3 nitrogen and oxygen atoms in total. The van der Waals surface area contributed by atoms with Crippen LogP contribution in [0.4, 0.5) is 5.69 Å². The van der Waals surface area contributed by atoms with Gasteiger partial charge in [0.1, 0.15) is 0 Å². The summed E-state index contributed by atoms with van der Waals surface area (Å²) in [5.74, 6) is 0. The summed E-state index contributed by atoms with van der Waals surface area (Å²) < 4.78 is 0. The molecule has 3 rings (SSSR count). The highest BCUT2D eigenvalue weighted by Crippen LogP contribution is 2.28. The van der Waals surface area contributed by atoms with Crippen molar-refractivity contribution >= 4 is 16.6 Å². The number of rotatable bonds is 3. The number of hydrogen-bond acceptors (Lipinski definition) is 2. The van der Waals surface area contributed by atoms with Gasteiger partial charge in [-0.15, -0.1) is 0 Å². The van der Waals surface area contributed by atoms with Crippen molar-refractivity contribution in [1.82, 2.24) is 4.98 Å². The second-order valence-electron chi connectivity index (χ2n) is 5.25. The predicted molar refractivity (Wildman–Crippen MR) is 85.1 cm³/mol. The number of para-hydroxylation sites is 1. The number of aromatic amines is 1. The molecule has 0 saturated carbocycles. The van der Waals surface area contributed by atoms with Gasteiger partial charge in [-0.3, -0.25) is 0 Å². The fraction of sp³-hybridized carbons (Fsp3) is 0.176. The molecule has 1 unspecified atom stereocenters. The van der Waals surface area contributed by atoms with Gasteiger partial charge >= 0.3 is 0 Å². The quantitative estimate of drug-likeness (QED) is 0.763. The zero-order valence-corrected chi connectivity index (χ0v) is 11.8. The number of H-pyrrole nitrogens is 1. The van der Waals surface area contributed by atoms with Crippen LogP contribution in [0.5, 0.6) is 0 Å². The van der Waals surface area contributed by atoms with Crippen LogP contribution >= 0.6 is 0 Å². The molecule has 3 heteroatoms. The lowest BCUT2D eigenvalue weighted by Crippen LogP contribution is -2.12. The number of nitrogens with zero attached hydrogens (tertiary/aromatic N) is 1. The van der Waals surface area contributed by atoms with Gasteiger partial charge in [0.15, 0.2) is 0 Å². The lowest BCUT2D eigenvalue weighted by atomic mass is 9.99. The van der Waals surface area contributed by atoms with E-state index in [9.17, 15) is 0 Å². The van der Waals surface area contributed by atoms with E-state index in [1.54, 1.807) is 0 Å². The van der Waals surface area contributed by atoms with Crippen molar-refractivity contribution in [1.29, 1.82) is 0 Å². The van der Waals surface area contributed by atoms with Gasteiger partial charge in [0.05, 0.1) is 6.04 Å². The maximum Gasteiger partial charge on any atom is 0.0572 e. The average molecular weight is 265 g/mol. The van der Waals surface area contributed by atoms with Gasteiger partial charge in [0.25, 0.3) is 0 Å². The van der Waals surface area contributed by atoms with Crippen LogP contribution in [0.1, 0.15) is 17.2 Å². The van der Waals surface area contributed by atoms with Crippen LogP contribution in [0.2, 0.25) is 0 Å². The zero-order chi connectivity index (χ0) is 14.1. The highest BCUT2D eigenvalue weighted by molar-refractivity contribution is 5.84. The van der Waals surface area contributed by atoms with Gasteiger partial charge in [-0.1, -0.05) is 30.3 Å². The van der Waals surface area contributed by atoms with Gasteiger partial charge < -0.3 is 15.6 Å². The maximum atomic E-state index is 6.42. The van der Waals surface area contributed by atoms with E-state index >= 15 is 0 Å². The largest absolute Gasteiger partial charge is 0.378 e. The third-order valence-corrected chi connectivity index (χ3v) is 3.72. The first-order chi connectivity index (χ1) is 9.66. The minimum Gasteiger partial charge on any atom is -0.378 e. The lowest BCUT2D eigenvalue weighted by molar-refractivity contribution is 0.879. The Hall–Kier alpha value is -2.26. The molecular weight excluding hydrogens is 246 g/mol. The summed E-state index contributed by atoms with van der Waals surface area (Å²) in [4.78, 5) is 5.36. The second kappa shape index (κ2) is 5.02. The molecule has 0 spiro atoms. The molecule has 0 fully saturated rings. The first-order valence-electron chi connectivity index (χ1n) is 6.75. The molecule has 20 heavy (non-hydrogen) atoms. The van der Waals surface area contributed by atoms with Crippen LogP contribution in [-0.2, 0) is 0 Å². The highest BCUT2D eigenvalue weighted by atomic mass is 15.1. The fourth-order valence-electron chi connectivity index (χ4n) is 2.51. The van der Waals surface area contributed by atoms with Crippen molar-refractivity contribution in [2.45, 2.75) is 6.04 Å². The summed E-state index contributed by atoms with van der Waals surface area (Å²) >= 11 is 0. The maximum absolute atomic E-state index is 6.42. The topological polar surface area (TPSA) is 45.0 Å². The van der Waals surface area contributed by atoms with E-state index in [4.69, 9.17) is 5.73 Å². The SMILES string of the molecule is CN(C)c1ccc(C(N)c2c[nH]c3ccccc23)cc1. The summed E-state index contributed by atoms with van der Waals surface area (Å²) in [6.45, 7) is 0. The van der Waals surface area contributed by atoms with Gasteiger partial charge in [0, 0.05) is 36.9 Å². The van der Waals surface area contributed by atoms with E-state index in [1.807, 2.05) is 32.4 Å². The summed E-state index contributed by atoms with van der Waals surface area (Å²) in [6.07, 6.45) is 2.01. The number of benzene rings is 2. The van der Waals surface area contributed by atoms with Crippen molar-refractivity contribution in [2.24, 2.45) is 5.73 Å². The van der Waals surface area contributed by atoms with E-state index in [1.165, 1.54) is 11.1 Å². The molecule has 0 radical (unpaired) electrons. The monoisotopic (exact) mass is 265 g/mol. The smallest absolute Gasteiger partial charge is 0.0572 e.